The molecular weight excluding hydrogens is 342 g/mol. The van der Waals surface area contributed by atoms with Crippen LogP contribution < -0.4 is 10.6 Å². The lowest BCUT2D eigenvalue weighted by Gasteiger charge is -2.31. The maximum atomic E-state index is 11.8. The van der Waals surface area contributed by atoms with E-state index in [2.05, 4.69) is 39.7 Å². The number of amides is 1. The van der Waals surface area contributed by atoms with Crippen LogP contribution in [0.15, 0.2) is 36.5 Å². The second-order valence-electron chi connectivity index (χ2n) is 6.51. The van der Waals surface area contributed by atoms with E-state index in [4.69, 9.17) is 4.74 Å². The summed E-state index contributed by atoms with van der Waals surface area (Å²) in [5, 5.41) is 6.76. The first-order valence-corrected chi connectivity index (χ1v) is 9.55. The summed E-state index contributed by atoms with van der Waals surface area (Å²) in [5.74, 6) is 1.36. The van der Waals surface area contributed by atoms with E-state index in [1.165, 1.54) is 5.56 Å². The molecule has 0 unspecified atom stereocenters. The second kappa shape index (κ2) is 9.21. The highest BCUT2D eigenvalue weighted by Crippen LogP contribution is 2.21. The molecule has 3 rings (SSSR count). The minimum absolute atomic E-state index is 0.229. The number of carbonyl (C=O) groups excluding carboxylic acids is 1. The molecule has 144 valence electrons. The number of nitrogens with one attached hydrogen (secondary N) is 2. The number of carbonyl (C=O) groups is 1. The number of ether oxygens (including phenoxy) is 1. The van der Waals surface area contributed by atoms with E-state index in [-0.39, 0.29) is 12.1 Å². The zero-order valence-corrected chi connectivity index (χ0v) is 15.9. The third kappa shape index (κ3) is 5.09. The topological polar surface area (TPSA) is 79.4 Å². The third-order valence-electron chi connectivity index (χ3n) is 4.67. The van der Waals surface area contributed by atoms with Gasteiger partial charge in [0.2, 0.25) is 5.95 Å². The number of benzene rings is 1. The van der Waals surface area contributed by atoms with Gasteiger partial charge in [0.15, 0.2) is 0 Å². The van der Waals surface area contributed by atoms with Crippen LogP contribution in [0.25, 0.3) is 0 Å². The van der Waals surface area contributed by atoms with Crippen molar-refractivity contribution in [2.24, 2.45) is 0 Å². The summed E-state index contributed by atoms with van der Waals surface area (Å²) in [6.45, 7) is 5.72. The first kappa shape index (κ1) is 18.9. The molecule has 7 nitrogen and oxygen atoms in total. The Morgan fingerprint density at radius 2 is 2.00 bits per heavy atom. The average Bonchev–Trinajstić information content (AvgIpc) is 2.69. The van der Waals surface area contributed by atoms with E-state index >= 15 is 0 Å². The molecule has 1 aromatic carbocycles. The lowest BCUT2D eigenvalue weighted by atomic mass is 10.1. The molecule has 0 saturated carbocycles. The van der Waals surface area contributed by atoms with Crippen molar-refractivity contribution in [3.8, 4) is 0 Å². The predicted octanol–water partition coefficient (Wildman–Crippen LogP) is 3.82. The standard InChI is InChI=1S/C20H27N5O2/c1-3-15-7-5-6-8-17(15)23-18-9-12-21-19(24-18)22-16-10-13-25(14-11-16)20(26)27-4-2/h5-9,12,16H,3-4,10-11,13-14H2,1-2H3,(H2,21,22,23,24). The van der Waals surface area contributed by atoms with E-state index in [0.717, 1.165) is 30.8 Å². The molecule has 1 aliphatic rings. The van der Waals surface area contributed by atoms with Gasteiger partial charge in [0.1, 0.15) is 5.82 Å². The monoisotopic (exact) mass is 369 g/mol. The summed E-state index contributed by atoms with van der Waals surface area (Å²) in [5.41, 5.74) is 2.31. The quantitative estimate of drug-likeness (QED) is 0.806. The number of para-hydroxylation sites is 1. The van der Waals surface area contributed by atoms with Crippen LogP contribution >= 0.6 is 0 Å². The molecule has 1 saturated heterocycles. The number of aryl methyl sites for hydroxylation is 1. The SMILES string of the molecule is CCOC(=O)N1CCC(Nc2nccc(Nc3ccccc3CC)n2)CC1. The smallest absolute Gasteiger partial charge is 0.409 e. The largest absolute Gasteiger partial charge is 0.450 e. The Hall–Kier alpha value is -2.83. The molecular formula is C20H27N5O2. The van der Waals surface area contributed by atoms with Crippen LogP contribution in [0, 0.1) is 0 Å². The molecule has 0 spiro atoms. The van der Waals surface area contributed by atoms with Gasteiger partial charge in [-0.05, 0) is 43.9 Å². The van der Waals surface area contributed by atoms with E-state index < -0.39 is 0 Å². The van der Waals surface area contributed by atoms with Gasteiger partial charge in [-0.25, -0.2) is 9.78 Å². The van der Waals surface area contributed by atoms with Crippen LogP contribution in [0.1, 0.15) is 32.3 Å². The van der Waals surface area contributed by atoms with Crippen molar-refractivity contribution in [1.82, 2.24) is 14.9 Å². The van der Waals surface area contributed by atoms with Crippen LogP contribution in [0.4, 0.5) is 22.2 Å². The van der Waals surface area contributed by atoms with Gasteiger partial charge in [0.05, 0.1) is 6.61 Å². The van der Waals surface area contributed by atoms with E-state index in [1.54, 1.807) is 11.1 Å². The highest BCUT2D eigenvalue weighted by atomic mass is 16.6. The van der Waals surface area contributed by atoms with Crippen LogP contribution in [-0.4, -0.2) is 46.7 Å². The lowest BCUT2D eigenvalue weighted by Crippen LogP contribution is -2.42. The summed E-state index contributed by atoms with van der Waals surface area (Å²) in [6, 6.07) is 10.3. The number of piperidine rings is 1. The number of likely N-dealkylation sites (tertiary alicyclic amines) is 1. The molecule has 7 heteroatoms. The fraction of sp³-hybridized carbons (Fsp3) is 0.450. The molecule has 27 heavy (non-hydrogen) atoms. The van der Waals surface area contributed by atoms with Crippen molar-refractivity contribution in [3.63, 3.8) is 0 Å². The van der Waals surface area contributed by atoms with Crippen molar-refractivity contribution in [2.75, 3.05) is 30.3 Å². The van der Waals surface area contributed by atoms with Gasteiger partial charge >= 0.3 is 6.09 Å². The van der Waals surface area contributed by atoms with Gasteiger partial charge in [0, 0.05) is 31.0 Å². The van der Waals surface area contributed by atoms with Crippen molar-refractivity contribution >= 4 is 23.5 Å². The van der Waals surface area contributed by atoms with Gasteiger partial charge in [-0.3, -0.25) is 0 Å². The van der Waals surface area contributed by atoms with Crippen LogP contribution in [0.5, 0.6) is 0 Å². The summed E-state index contributed by atoms with van der Waals surface area (Å²) in [6.07, 6.45) is 4.17. The summed E-state index contributed by atoms with van der Waals surface area (Å²) < 4.78 is 5.06. The van der Waals surface area contributed by atoms with E-state index in [9.17, 15) is 4.79 Å². The molecule has 0 radical (unpaired) electrons. The molecule has 0 atom stereocenters. The number of rotatable bonds is 6. The van der Waals surface area contributed by atoms with Gasteiger partial charge in [0.25, 0.3) is 0 Å². The molecule has 1 aliphatic heterocycles. The Morgan fingerprint density at radius 3 is 2.74 bits per heavy atom. The number of aromatic nitrogens is 2. The minimum atomic E-state index is -0.229. The van der Waals surface area contributed by atoms with Gasteiger partial charge < -0.3 is 20.3 Å². The molecule has 1 amide bonds. The van der Waals surface area contributed by atoms with Gasteiger partial charge in [-0.1, -0.05) is 25.1 Å². The zero-order chi connectivity index (χ0) is 19.1. The maximum Gasteiger partial charge on any atom is 0.409 e. The Labute approximate surface area is 160 Å². The van der Waals surface area contributed by atoms with Crippen molar-refractivity contribution in [3.05, 3.63) is 42.1 Å². The molecule has 2 heterocycles. The first-order chi connectivity index (χ1) is 13.2. The van der Waals surface area contributed by atoms with Crippen molar-refractivity contribution in [2.45, 2.75) is 39.2 Å². The number of hydrogen-bond donors (Lipinski definition) is 2. The highest BCUT2D eigenvalue weighted by molar-refractivity contribution is 5.67. The maximum absolute atomic E-state index is 11.8. The Balaban J connectivity index is 1.58. The Morgan fingerprint density at radius 1 is 1.22 bits per heavy atom. The zero-order valence-electron chi connectivity index (χ0n) is 15.9. The number of hydrogen-bond acceptors (Lipinski definition) is 6. The van der Waals surface area contributed by atoms with E-state index in [1.807, 2.05) is 25.1 Å². The second-order valence-corrected chi connectivity index (χ2v) is 6.51. The molecule has 2 N–H and O–H groups in total. The van der Waals surface area contributed by atoms with Crippen LogP contribution in [-0.2, 0) is 11.2 Å². The normalized spacial score (nSPS) is 14.7. The van der Waals surface area contributed by atoms with Gasteiger partial charge in [-0.15, -0.1) is 0 Å². The van der Waals surface area contributed by atoms with E-state index in [0.29, 0.717) is 25.6 Å². The summed E-state index contributed by atoms with van der Waals surface area (Å²) in [4.78, 5) is 22.5. The summed E-state index contributed by atoms with van der Waals surface area (Å²) in [7, 11) is 0. The summed E-state index contributed by atoms with van der Waals surface area (Å²) >= 11 is 0. The minimum Gasteiger partial charge on any atom is -0.450 e. The van der Waals surface area contributed by atoms with Crippen LogP contribution in [0.3, 0.4) is 0 Å². The number of anilines is 3. The molecule has 0 aliphatic carbocycles. The van der Waals surface area contributed by atoms with Crippen molar-refractivity contribution < 1.29 is 9.53 Å². The Bertz CT molecular complexity index is 760. The highest BCUT2D eigenvalue weighted by Gasteiger charge is 2.23. The van der Waals surface area contributed by atoms with Crippen LogP contribution in [0.2, 0.25) is 0 Å². The number of nitrogens with zero attached hydrogens (tertiary/aromatic N) is 3. The Kier molecular flexibility index (Phi) is 6.46. The predicted molar refractivity (Wildman–Crippen MR) is 106 cm³/mol. The molecule has 1 aromatic heterocycles. The molecule has 0 bridgehead atoms. The fourth-order valence-electron chi connectivity index (χ4n) is 3.19. The fourth-order valence-corrected chi connectivity index (χ4v) is 3.19. The third-order valence-corrected chi connectivity index (χ3v) is 4.67. The molecule has 2 aromatic rings. The average molecular weight is 369 g/mol. The molecule has 1 fully saturated rings. The van der Waals surface area contributed by atoms with Crippen molar-refractivity contribution in [1.29, 1.82) is 0 Å². The first-order valence-electron chi connectivity index (χ1n) is 9.55. The van der Waals surface area contributed by atoms with Gasteiger partial charge in [-0.2, -0.15) is 4.98 Å². The lowest BCUT2D eigenvalue weighted by molar-refractivity contribution is 0.0983.